The van der Waals surface area contributed by atoms with Gasteiger partial charge in [0.1, 0.15) is 0 Å². The van der Waals surface area contributed by atoms with Crippen molar-refractivity contribution in [1.82, 2.24) is 19.6 Å². The molecule has 0 fully saturated rings. The maximum absolute atomic E-state index is 12.4. The summed E-state index contributed by atoms with van der Waals surface area (Å²) in [5.41, 5.74) is 6.89. The Morgan fingerprint density at radius 1 is 1.15 bits per heavy atom. The number of hydrogen-bond acceptors (Lipinski definition) is 3. The predicted octanol–water partition coefficient (Wildman–Crippen LogP) is 3.55. The second-order valence-corrected chi connectivity index (χ2v) is 6.76. The zero-order valence-electron chi connectivity index (χ0n) is 16.4. The molecule has 27 heavy (non-hydrogen) atoms. The van der Waals surface area contributed by atoms with Crippen LogP contribution < -0.4 is 5.32 Å². The van der Waals surface area contributed by atoms with Crippen molar-refractivity contribution in [3.8, 4) is 0 Å². The van der Waals surface area contributed by atoms with Gasteiger partial charge >= 0.3 is 0 Å². The molecule has 0 aliphatic carbocycles. The maximum Gasteiger partial charge on any atom is 0.248 e. The van der Waals surface area contributed by atoms with Gasteiger partial charge in [-0.3, -0.25) is 14.2 Å². The van der Waals surface area contributed by atoms with Crippen LogP contribution in [0.3, 0.4) is 0 Å². The number of carbonyl (C=O) groups excluding carboxylic acids is 1. The molecule has 1 amide bonds. The Morgan fingerprint density at radius 2 is 1.89 bits per heavy atom. The molecule has 0 atom stereocenters. The van der Waals surface area contributed by atoms with E-state index in [-0.39, 0.29) is 5.91 Å². The molecule has 0 radical (unpaired) electrons. The second-order valence-electron chi connectivity index (χ2n) is 6.76. The Labute approximate surface area is 159 Å². The molecule has 140 valence electrons. The number of hydrogen-bond donors (Lipinski definition) is 1. The van der Waals surface area contributed by atoms with Crippen LogP contribution in [0.25, 0.3) is 6.08 Å². The van der Waals surface area contributed by atoms with E-state index in [1.807, 2.05) is 44.6 Å². The fraction of sp³-hybridized carbons (Fsp3) is 0.286. The minimum atomic E-state index is -0.181. The minimum absolute atomic E-state index is 0.181. The Balaban J connectivity index is 1.75. The first kappa shape index (κ1) is 18.6. The third-order valence-electron chi connectivity index (χ3n) is 4.90. The van der Waals surface area contributed by atoms with Crippen LogP contribution in [0.2, 0.25) is 0 Å². The number of anilines is 1. The van der Waals surface area contributed by atoms with Crippen LogP contribution in [-0.4, -0.2) is 25.5 Å². The Hall–Kier alpha value is -3.15. The van der Waals surface area contributed by atoms with Gasteiger partial charge in [-0.15, -0.1) is 0 Å². The van der Waals surface area contributed by atoms with Crippen molar-refractivity contribution in [2.24, 2.45) is 7.05 Å². The number of aromatic nitrogens is 4. The highest BCUT2D eigenvalue weighted by molar-refractivity contribution is 6.02. The second kappa shape index (κ2) is 7.61. The van der Waals surface area contributed by atoms with Crippen molar-refractivity contribution in [2.75, 3.05) is 5.32 Å². The lowest BCUT2D eigenvalue weighted by Crippen LogP contribution is -2.10. The summed E-state index contributed by atoms with van der Waals surface area (Å²) >= 11 is 0. The molecule has 2 aromatic heterocycles. The first-order valence-electron chi connectivity index (χ1n) is 8.93. The van der Waals surface area contributed by atoms with Gasteiger partial charge in [0.2, 0.25) is 5.91 Å². The van der Waals surface area contributed by atoms with Crippen LogP contribution in [0.4, 0.5) is 5.69 Å². The third kappa shape index (κ3) is 4.00. The van der Waals surface area contributed by atoms with E-state index in [9.17, 15) is 4.79 Å². The quantitative estimate of drug-likeness (QED) is 0.705. The van der Waals surface area contributed by atoms with Crippen LogP contribution in [0.5, 0.6) is 0 Å². The van der Waals surface area contributed by atoms with Crippen LogP contribution in [0.15, 0.2) is 36.5 Å². The Kier molecular flexibility index (Phi) is 5.26. The van der Waals surface area contributed by atoms with Crippen molar-refractivity contribution >= 4 is 17.7 Å². The SMILES string of the molecule is Cc1ccccc1Cn1nc(C)c(NC(=O)/C=C\c2cnn(C)c2C)c1C. The van der Waals surface area contributed by atoms with E-state index in [0.29, 0.717) is 6.54 Å². The summed E-state index contributed by atoms with van der Waals surface area (Å²) < 4.78 is 3.71. The zero-order valence-corrected chi connectivity index (χ0v) is 16.4. The summed E-state index contributed by atoms with van der Waals surface area (Å²) in [7, 11) is 1.88. The number of carbonyl (C=O) groups is 1. The smallest absolute Gasteiger partial charge is 0.248 e. The predicted molar refractivity (Wildman–Crippen MR) is 108 cm³/mol. The third-order valence-corrected chi connectivity index (χ3v) is 4.90. The molecule has 0 saturated carbocycles. The summed E-state index contributed by atoms with van der Waals surface area (Å²) in [5.74, 6) is -0.181. The first-order chi connectivity index (χ1) is 12.9. The van der Waals surface area contributed by atoms with E-state index < -0.39 is 0 Å². The lowest BCUT2D eigenvalue weighted by Gasteiger charge is -2.08. The van der Waals surface area contributed by atoms with Crippen molar-refractivity contribution < 1.29 is 4.79 Å². The molecule has 0 unspecified atom stereocenters. The molecule has 0 spiro atoms. The normalized spacial score (nSPS) is 11.3. The van der Waals surface area contributed by atoms with Crippen LogP contribution in [0.1, 0.15) is 33.8 Å². The fourth-order valence-corrected chi connectivity index (χ4v) is 2.99. The molecule has 0 aliphatic heterocycles. The average molecular weight is 363 g/mol. The molecule has 0 saturated heterocycles. The monoisotopic (exact) mass is 363 g/mol. The molecule has 6 heteroatoms. The number of nitrogens with one attached hydrogen (secondary N) is 1. The topological polar surface area (TPSA) is 64.7 Å². The van der Waals surface area contributed by atoms with Crippen molar-refractivity contribution in [3.63, 3.8) is 0 Å². The average Bonchev–Trinajstić information content (AvgIpc) is 3.09. The summed E-state index contributed by atoms with van der Waals surface area (Å²) in [5, 5.41) is 11.7. The molecule has 0 bridgehead atoms. The highest BCUT2D eigenvalue weighted by atomic mass is 16.1. The molecule has 0 aliphatic rings. The van der Waals surface area contributed by atoms with Gasteiger partial charge in [0.25, 0.3) is 0 Å². The number of aryl methyl sites for hydroxylation is 3. The van der Waals surface area contributed by atoms with Gasteiger partial charge in [-0.25, -0.2) is 0 Å². The Morgan fingerprint density at radius 3 is 2.56 bits per heavy atom. The van der Waals surface area contributed by atoms with Gasteiger partial charge in [0, 0.05) is 24.4 Å². The molecule has 3 aromatic rings. The molecular formula is C21H25N5O. The van der Waals surface area contributed by atoms with Crippen LogP contribution >= 0.6 is 0 Å². The van der Waals surface area contributed by atoms with Gasteiger partial charge in [-0.2, -0.15) is 10.2 Å². The Bertz CT molecular complexity index is 1010. The fourth-order valence-electron chi connectivity index (χ4n) is 2.99. The first-order valence-corrected chi connectivity index (χ1v) is 8.93. The standard InChI is InChI=1S/C21H25N5O/c1-14-8-6-7-9-19(14)13-26-17(4)21(15(2)24-26)23-20(27)11-10-18-12-22-25(5)16(18)3/h6-12H,13H2,1-5H3,(H,23,27)/b11-10-. The number of benzene rings is 1. The van der Waals surface area contributed by atoms with E-state index in [0.717, 1.165) is 28.3 Å². The van der Waals surface area contributed by atoms with Crippen LogP contribution in [0, 0.1) is 27.7 Å². The van der Waals surface area contributed by atoms with E-state index >= 15 is 0 Å². The number of rotatable bonds is 5. The van der Waals surface area contributed by atoms with Crippen molar-refractivity contribution in [1.29, 1.82) is 0 Å². The summed E-state index contributed by atoms with van der Waals surface area (Å²) in [6.45, 7) is 8.62. The molecule has 1 aromatic carbocycles. The molecular weight excluding hydrogens is 338 g/mol. The van der Waals surface area contributed by atoms with E-state index in [1.54, 1.807) is 17.0 Å². The van der Waals surface area contributed by atoms with Gasteiger partial charge in [0.15, 0.2) is 0 Å². The lowest BCUT2D eigenvalue weighted by atomic mass is 10.1. The summed E-state index contributed by atoms with van der Waals surface area (Å²) in [6.07, 6.45) is 5.05. The van der Waals surface area contributed by atoms with Gasteiger partial charge < -0.3 is 5.32 Å². The highest BCUT2D eigenvalue weighted by Gasteiger charge is 2.14. The number of amides is 1. The summed E-state index contributed by atoms with van der Waals surface area (Å²) in [6, 6.07) is 8.25. The van der Waals surface area contributed by atoms with Crippen molar-refractivity contribution in [2.45, 2.75) is 34.2 Å². The van der Waals surface area contributed by atoms with E-state index in [1.165, 1.54) is 17.2 Å². The minimum Gasteiger partial charge on any atom is -0.319 e. The summed E-state index contributed by atoms with van der Waals surface area (Å²) in [4.78, 5) is 12.4. The molecule has 1 N–H and O–H groups in total. The largest absolute Gasteiger partial charge is 0.319 e. The van der Waals surface area contributed by atoms with Crippen LogP contribution in [-0.2, 0) is 18.4 Å². The molecule has 3 rings (SSSR count). The maximum atomic E-state index is 12.4. The van der Waals surface area contributed by atoms with Crippen molar-refractivity contribution in [3.05, 3.63) is 70.3 Å². The van der Waals surface area contributed by atoms with Gasteiger partial charge in [0.05, 0.1) is 29.8 Å². The molecule has 2 heterocycles. The van der Waals surface area contributed by atoms with E-state index in [4.69, 9.17) is 0 Å². The zero-order chi connectivity index (χ0) is 19.6. The molecule has 6 nitrogen and oxygen atoms in total. The van der Waals surface area contributed by atoms with Gasteiger partial charge in [-0.1, -0.05) is 24.3 Å². The van der Waals surface area contributed by atoms with E-state index in [2.05, 4.69) is 34.6 Å². The number of nitrogens with zero attached hydrogens (tertiary/aromatic N) is 4. The lowest BCUT2D eigenvalue weighted by molar-refractivity contribution is -0.111. The highest BCUT2D eigenvalue weighted by Crippen LogP contribution is 2.21. The van der Waals surface area contributed by atoms with Gasteiger partial charge in [-0.05, 0) is 44.9 Å².